The molecule has 0 aromatic rings. The van der Waals surface area contributed by atoms with Crippen molar-refractivity contribution in [1.29, 1.82) is 0 Å². The molecule has 0 bridgehead atoms. The van der Waals surface area contributed by atoms with Crippen LogP contribution >= 0.6 is 0 Å². The Morgan fingerprint density at radius 2 is 0.690 bits per heavy atom. The highest BCUT2D eigenvalue weighted by molar-refractivity contribution is 5.75. The van der Waals surface area contributed by atoms with Gasteiger partial charge in [0, 0.05) is 0 Å². The Morgan fingerprint density at radius 1 is 0.414 bits per heavy atom. The van der Waals surface area contributed by atoms with Gasteiger partial charge in [-0.25, -0.2) is 0 Å². The van der Waals surface area contributed by atoms with Crippen LogP contribution in [0.2, 0.25) is 0 Å². The Kier molecular flexibility index (Phi) is 27.1. The minimum absolute atomic E-state index is 0. The van der Waals surface area contributed by atoms with Gasteiger partial charge in [0.1, 0.15) is 0 Å². The maximum Gasteiger partial charge on any atom is 0.187 e. The number of hydrogen-bond acceptors (Lipinski definition) is 0. The van der Waals surface area contributed by atoms with Crippen molar-refractivity contribution in [3.8, 4) is 0 Å². The lowest BCUT2D eigenvalue weighted by Crippen LogP contribution is -2.21. The Bertz CT molecular complexity index is 245. The maximum absolute atomic E-state index is 4.28. The van der Waals surface area contributed by atoms with E-state index in [1.165, 1.54) is 141 Å². The summed E-state index contributed by atoms with van der Waals surface area (Å²) in [5, 5.41) is 0. The van der Waals surface area contributed by atoms with E-state index in [9.17, 15) is 0 Å². The molecule has 0 nitrogen and oxygen atoms in total. The van der Waals surface area contributed by atoms with Gasteiger partial charge in [0.15, 0.2) is 17.4 Å². The number of rotatable bonds is 23. The zero-order chi connectivity index (χ0) is 20.8. The van der Waals surface area contributed by atoms with Gasteiger partial charge in [-0.1, -0.05) is 150 Å². The van der Waals surface area contributed by atoms with Crippen molar-refractivity contribution >= 4 is 17.4 Å². The molecule has 0 saturated carbocycles. The van der Waals surface area contributed by atoms with E-state index in [0.29, 0.717) is 5.41 Å². The molecule has 0 aromatic heterocycles. The van der Waals surface area contributed by atoms with E-state index in [1.54, 1.807) is 0 Å². The lowest BCUT2D eigenvalue weighted by molar-refractivity contribution is 0.179. The molecule has 0 N–H and O–H groups in total. The van der Waals surface area contributed by atoms with Crippen molar-refractivity contribution in [3.05, 3.63) is 6.92 Å². The quantitative estimate of drug-likeness (QED) is 0.113. The molecule has 1 heteroatoms. The van der Waals surface area contributed by atoms with Crippen LogP contribution in [0.15, 0.2) is 0 Å². The van der Waals surface area contributed by atoms with Gasteiger partial charge in [0.05, 0.1) is 0 Å². The SMILES string of the molecule is [AlH3].[CH2]CCC(CCCCCCCC)(CCCCCCCC)CCCCCCCC. The van der Waals surface area contributed by atoms with Crippen LogP contribution in [0.4, 0.5) is 0 Å². The van der Waals surface area contributed by atoms with Gasteiger partial charge in [-0.05, 0) is 31.1 Å². The minimum atomic E-state index is 0. The third-order valence-corrected chi connectivity index (χ3v) is 6.89. The third kappa shape index (κ3) is 20.2. The molecule has 0 aliphatic carbocycles. The summed E-state index contributed by atoms with van der Waals surface area (Å²) in [6.07, 6.45) is 32.9. The summed E-state index contributed by atoms with van der Waals surface area (Å²) >= 11 is 0. The second-order valence-electron chi connectivity index (χ2n) is 9.66. The van der Waals surface area contributed by atoms with E-state index in [1.807, 2.05) is 0 Å². The Hall–Kier alpha value is 0.532. The highest BCUT2D eigenvalue weighted by Gasteiger charge is 2.27. The minimum Gasteiger partial charge on any atom is -0.0654 e. The molecule has 0 rings (SSSR count). The van der Waals surface area contributed by atoms with Crippen LogP contribution < -0.4 is 0 Å². The molecule has 0 spiro atoms. The van der Waals surface area contributed by atoms with Gasteiger partial charge >= 0.3 is 0 Å². The first-order chi connectivity index (χ1) is 13.7. The van der Waals surface area contributed by atoms with Gasteiger partial charge in [-0.3, -0.25) is 0 Å². The van der Waals surface area contributed by atoms with E-state index in [4.69, 9.17) is 0 Å². The van der Waals surface area contributed by atoms with Gasteiger partial charge in [0.25, 0.3) is 0 Å². The second kappa shape index (κ2) is 24.8. The lowest BCUT2D eigenvalue weighted by atomic mass is 9.71. The normalized spacial score (nSPS) is 11.6. The van der Waals surface area contributed by atoms with E-state index < -0.39 is 0 Å². The average Bonchev–Trinajstić information content (AvgIpc) is 2.70. The molecule has 175 valence electrons. The summed E-state index contributed by atoms with van der Waals surface area (Å²) in [7, 11) is 0. The topological polar surface area (TPSA) is 0 Å². The summed E-state index contributed by atoms with van der Waals surface area (Å²) in [5.41, 5.74) is 0.627. The average molecular weight is 424 g/mol. The summed E-state index contributed by atoms with van der Waals surface area (Å²) < 4.78 is 0. The fourth-order valence-corrected chi connectivity index (χ4v) is 4.97. The van der Waals surface area contributed by atoms with Crippen molar-refractivity contribution in [2.24, 2.45) is 5.41 Å². The van der Waals surface area contributed by atoms with Gasteiger partial charge < -0.3 is 0 Å². The first-order valence-electron chi connectivity index (χ1n) is 13.5. The maximum atomic E-state index is 4.28. The van der Waals surface area contributed by atoms with E-state index in [0.717, 1.165) is 6.42 Å². The first kappa shape index (κ1) is 31.7. The van der Waals surface area contributed by atoms with Crippen LogP contribution in [0.5, 0.6) is 0 Å². The van der Waals surface area contributed by atoms with Crippen LogP contribution in [0.1, 0.15) is 168 Å². The molecule has 0 atom stereocenters. The van der Waals surface area contributed by atoms with Gasteiger partial charge in [-0.2, -0.15) is 0 Å². The van der Waals surface area contributed by atoms with Crippen LogP contribution in [-0.4, -0.2) is 17.4 Å². The monoisotopic (exact) mass is 423 g/mol. The molecule has 0 aliphatic heterocycles. The third-order valence-electron chi connectivity index (χ3n) is 6.89. The van der Waals surface area contributed by atoms with E-state index in [2.05, 4.69) is 27.7 Å². The van der Waals surface area contributed by atoms with Crippen LogP contribution in [0, 0.1) is 12.3 Å². The van der Waals surface area contributed by atoms with E-state index in [-0.39, 0.29) is 17.4 Å². The van der Waals surface area contributed by atoms with Crippen LogP contribution in [0.3, 0.4) is 0 Å². The number of unbranched alkanes of at least 4 members (excludes halogenated alkanes) is 15. The smallest absolute Gasteiger partial charge is 0.0654 e. The molecular formula is C28H60Al. The van der Waals surface area contributed by atoms with Crippen molar-refractivity contribution in [2.75, 3.05) is 0 Å². The Morgan fingerprint density at radius 3 is 0.966 bits per heavy atom. The summed E-state index contributed by atoms with van der Waals surface area (Å²) in [6.45, 7) is 11.2. The highest BCUT2D eigenvalue weighted by atomic mass is 27.0. The van der Waals surface area contributed by atoms with Crippen molar-refractivity contribution in [1.82, 2.24) is 0 Å². The van der Waals surface area contributed by atoms with Gasteiger partial charge in [-0.15, -0.1) is 0 Å². The fraction of sp³-hybridized carbons (Fsp3) is 0.964. The first-order valence-corrected chi connectivity index (χ1v) is 13.5. The molecule has 29 heavy (non-hydrogen) atoms. The Labute approximate surface area is 197 Å². The van der Waals surface area contributed by atoms with Crippen LogP contribution in [-0.2, 0) is 0 Å². The van der Waals surface area contributed by atoms with E-state index >= 15 is 0 Å². The van der Waals surface area contributed by atoms with Crippen molar-refractivity contribution in [2.45, 2.75) is 168 Å². The molecule has 0 heterocycles. The largest absolute Gasteiger partial charge is 0.187 e. The molecule has 0 unspecified atom stereocenters. The number of hydrogen-bond donors (Lipinski definition) is 0. The summed E-state index contributed by atoms with van der Waals surface area (Å²) in [5.74, 6) is 0. The summed E-state index contributed by atoms with van der Waals surface area (Å²) in [4.78, 5) is 0. The standard InChI is InChI=1S/C28H57.Al.3H/c1-5-9-12-15-18-21-25-28(24-8-4,26-22-19-16-13-10-6-2)27-23-20-17-14-11-7-3;;;;/h4-27H2,1-3H3;;;;. The zero-order valence-corrected chi connectivity index (χ0v) is 20.5. The molecule has 0 aliphatic rings. The zero-order valence-electron chi connectivity index (χ0n) is 20.5. The van der Waals surface area contributed by atoms with Crippen molar-refractivity contribution in [3.63, 3.8) is 0 Å². The molecule has 0 aromatic carbocycles. The molecular weight excluding hydrogens is 363 g/mol. The van der Waals surface area contributed by atoms with Crippen LogP contribution in [0.25, 0.3) is 0 Å². The highest BCUT2D eigenvalue weighted by Crippen LogP contribution is 2.41. The molecule has 0 saturated heterocycles. The second-order valence-corrected chi connectivity index (χ2v) is 9.66. The molecule has 0 fully saturated rings. The predicted octanol–water partition coefficient (Wildman–Crippen LogP) is 9.65. The fourth-order valence-electron chi connectivity index (χ4n) is 4.97. The Balaban J connectivity index is 0. The lowest BCUT2D eigenvalue weighted by Gasteiger charge is -2.35. The predicted molar refractivity (Wildman–Crippen MR) is 141 cm³/mol. The summed E-state index contributed by atoms with van der Waals surface area (Å²) in [6, 6.07) is 0. The van der Waals surface area contributed by atoms with Crippen molar-refractivity contribution < 1.29 is 0 Å². The van der Waals surface area contributed by atoms with Gasteiger partial charge in [0.2, 0.25) is 0 Å². The molecule has 0 amide bonds. The molecule has 1 radical (unpaired) electrons.